The van der Waals surface area contributed by atoms with Gasteiger partial charge in [-0.15, -0.1) is 0 Å². The summed E-state index contributed by atoms with van der Waals surface area (Å²) in [4.78, 5) is 0. The minimum Gasteiger partial charge on any atom is -0.368 e. The molecule has 0 spiro atoms. The van der Waals surface area contributed by atoms with E-state index in [1.165, 1.54) is 0 Å². The zero-order valence-electron chi connectivity index (χ0n) is 3.73. The Hall–Kier alpha value is -1.06. The van der Waals surface area contributed by atoms with Gasteiger partial charge in [0.15, 0.2) is 0 Å². The Morgan fingerprint density at radius 3 is 2.00 bits per heavy atom. The van der Waals surface area contributed by atoms with Crippen LogP contribution in [0.15, 0.2) is 0 Å². The van der Waals surface area contributed by atoms with Gasteiger partial charge < -0.3 is 5.73 Å². The Morgan fingerprint density at radius 1 is 1.57 bits per heavy atom. The highest BCUT2D eigenvalue weighted by Gasteiger charge is 1.87. The highest BCUT2D eigenvalue weighted by atomic mass is 15.1. The lowest BCUT2D eigenvalue weighted by molar-refractivity contribution is 1.21. The van der Waals surface area contributed by atoms with Crippen LogP contribution in [0.25, 0.3) is 0 Å². The van der Waals surface area contributed by atoms with E-state index in [0.717, 1.165) is 0 Å². The van der Waals surface area contributed by atoms with Crippen LogP contribution in [0.2, 0.25) is 0 Å². The first kappa shape index (κ1) is 5.94. The molecule has 0 unspecified atom stereocenters. The maximum atomic E-state index is 6.53. The number of guanidine groups is 1. The van der Waals surface area contributed by atoms with Crippen molar-refractivity contribution in [2.75, 3.05) is 0 Å². The molecule has 0 aliphatic heterocycles. The van der Waals surface area contributed by atoms with E-state index in [1.807, 2.05) is 0 Å². The Morgan fingerprint density at radius 2 is 2.00 bits per heavy atom. The van der Waals surface area contributed by atoms with Crippen LogP contribution >= 0.6 is 0 Å². The molecule has 0 aromatic rings. The summed E-state index contributed by atoms with van der Waals surface area (Å²) >= 11 is 0. The number of hydrogen-bond acceptors (Lipinski definition) is 2. The molecule has 0 fully saturated rings. The van der Waals surface area contributed by atoms with E-state index >= 15 is 0 Å². The summed E-state index contributed by atoms with van der Waals surface area (Å²) < 4.78 is 0. The summed E-state index contributed by atoms with van der Waals surface area (Å²) in [6.45, 7) is 3.07. The van der Waals surface area contributed by atoms with Gasteiger partial charge in [0.25, 0.3) is 0 Å². The SMILES string of the molecule is [CH2]C(=N)[N]C(=N)N. The monoisotopic (exact) mass is 98.1 g/mol. The first-order valence-electron chi connectivity index (χ1n) is 1.59. The zero-order valence-corrected chi connectivity index (χ0v) is 3.73. The molecule has 0 amide bonds. The molecule has 0 rings (SSSR count). The van der Waals surface area contributed by atoms with Gasteiger partial charge in [-0.3, -0.25) is 10.8 Å². The van der Waals surface area contributed by atoms with Crippen LogP contribution in [-0.2, 0) is 0 Å². The molecule has 0 atom stereocenters. The summed E-state index contributed by atoms with van der Waals surface area (Å²) in [5.74, 6) is -0.562. The molecule has 2 radical (unpaired) electrons. The van der Waals surface area contributed by atoms with E-state index in [0.29, 0.717) is 0 Å². The largest absolute Gasteiger partial charge is 0.368 e. The Balaban J connectivity index is 3.32. The summed E-state index contributed by atoms with van der Waals surface area (Å²) in [7, 11) is 0. The number of nitrogens with zero attached hydrogens (tertiary/aromatic N) is 1. The fourth-order valence-electron chi connectivity index (χ4n) is 0.145. The van der Waals surface area contributed by atoms with Gasteiger partial charge in [-0.2, -0.15) is 5.32 Å². The number of hydrogen-bond donors (Lipinski definition) is 3. The molecule has 0 saturated heterocycles. The molecule has 0 aromatic carbocycles. The summed E-state index contributed by atoms with van der Waals surface area (Å²) in [6.07, 6.45) is 0. The standard InChI is InChI=1S/C3H6N4/c1-2(4)7-3(5)6/h4H,1H2,(H3,5,6). The maximum absolute atomic E-state index is 6.53. The number of nitrogens with one attached hydrogen (secondary N) is 2. The highest BCUT2D eigenvalue weighted by Crippen LogP contribution is 1.58. The minimum absolute atomic E-state index is 0.187. The summed E-state index contributed by atoms with van der Waals surface area (Å²) in [5, 5.41) is 16.1. The Labute approximate surface area is 41.7 Å². The van der Waals surface area contributed by atoms with Crippen LogP contribution < -0.4 is 11.1 Å². The quantitative estimate of drug-likeness (QED) is 0.271. The molecule has 0 aromatic heterocycles. The van der Waals surface area contributed by atoms with Crippen LogP contribution in [0, 0.1) is 17.7 Å². The van der Waals surface area contributed by atoms with Gasteiger partial charge in [-0.1, -0.05) is 0 Å². The molecular weight excluding hydrogens is 92.1 g/mol. The van der Waals surface area contributed by atoms with Crippen molar-refractivity contribution < 1.29 is 0 Å². The molecule has 7 heavy (non-hydrogen) atoms. The fraction of sp³-hybridized carbons (Fsp3) is 0. The third-order valence-corrected chi connectivity index (χ3v) is 0.255. The van der Waals surface area contributed by atoms with Crippen LogP contribution in [0.1, 0.15) is 0 Å². The van der Waals surface area contributed by atoms with Crippen molar-refractivity contribution >= 4 is 11.8 Å². The van der Waals surface area contributed by atoms with Crippen molar-refractivity contribution in [3.8, 4) is 0 Å². The predicted octanol–water partition coefficient (Wildman–Crippen LogP) is -0.704. The maximum Gasteiger partial charge on any atom is 0.214 e. The molecule has 0 aliphatic rings. The van der Waals surface area contributed by atoms with Crippen LogP contribution in [0.5, 0.6) is 0 Å². The van der Waals surface area contributed by atoms with E-state index in [1.54, 1.807) is 0 Å². The van der Waals surface area contributed by atoms with E-state index < -0.39 is 0 Å². The van der Waals surface area contributed by atoms with Gasteiger partial charge in [-0.25, -0.2) is 0 Å². The molecule has 0 bridgehead atoms. The van der Waals surface area contributed by atoms with Gasteiger partial charge in [0.05, 0.1) is 0 Å². The lowest BCUT2D eigenvalue weighted by Crippen LogP contribution is -2.26. The average Bonchev–Trinajstić information content (AvgIpc) is 1.27. The first-order chi connectivity index (χ1) is 3.13. The molecule has 4 nitrogen and oxygen atoms in total. The molecular formula is C3H6N4. The minimum atomic E-state index is -0.375. The lowest BCUT2D eigenvalue weighted by Gasteiger charge is -1.90. The van der Waals surface area contributed by atoms with E-state index in [2.05, 4.69) is 12.2 Å². The van der Waals surface area contributed by atoms with Crippen molar-refractivity contribution in [3.63, 3.8) is 0 Å². The molecule has 4 N–H and O–H groups in total. The second-order valence-corrected chi connectivity index (χ2v) is 0.944. The van der Waals surface area contributed by atoms with Gasteiger partial charge in [0.2, 0.25) is 5.96 Å². The average molecular weight is 98.1 g/mol. The van der Waals surface area contributed by atoms with E-state index in [4.69, 9.17) is 16.6 Å². The molecule has 0 saturated carbocycles. The van der Waals surface area contributed by atoms with Gasteiger partial charge >= 0.3 is 0 Å². The third kappa shape index (κ3) is 4.94. The van der Waals surface area contributed by atoms with Crippen molar-refractivity contribution in [3.05, 3.63) is 6.92 Å². The third-order valence-electron chi connectivity index (χ3n) is 0.255. The topological polar surface area (TPSA) is 87.8 Å². The Bertz CT molecular complexity index is 83.1. The van der Waals surface area contributed by atoms with Crippen LogP contribution in [0.4, 0.5) is 0 Å². The van der Waals surface area contributed by atoms with Crippen LogP contribution in [-0.4, -0.2) is 11.8 Å². The van der Waals surface area contributed by atoms with Crippen molar-refractivity contribution in [2.45, 2.75) is 0 Å². The lowest BCUT2D eigenvalue weighted by atomic mass is 10.7. The van der Waals surface area contributed by atoms with Gasteiger partial charge in [0, 0.05) is 6.92 Å². The molecule has 38 valence electrons. The first-order valence-corrected chi connectivity index (χ1v) is 1.59. The predicted molar refractivity (Wildman–Crippen MR) is 27.1 cm³/mol. The fourth-order valence-corrected chi connectivity index (χ4v) is 0.145. The molecule has 0 heterocycles. The molecule has 4 heteroatoms. The van der Waals surface area contributed by atoms with Crippen LogP contribution in [0.3, 0.4) is 0 Å². The zero-order chi connectivity index (χ0) is 5.86. The second-order valence-electron chi connectivity index (χ2n) is 0.944. The van der Waals surface area contributed by atoms with E-state index in [-0.39, 0.29) is 11.8 Å². The van der Waals surface area contributed by atoms with E-state index in [9.17, 15) is 0 Å². The van der Waals surface area contributed by atoms with Gasteiger partial charge in [0.1, 0.15) is 5.84 Å². The number of amidine groups is 1. The Kier molecular flexibility index (Phi) is 1.84. The second kappa shape index (κ2) is 2.17. The van der Waals surface area contributed by atoms with Crippen molar-refractivity contribution in [1.29, 1.82) is 10.8 Å². The highest BCUT2D eigenvalue weighted by molar-refractivity contribution is 5.97. The summed E-state index contributed by atoms with van der Waals surface area (Å²) in [5.41, 5.74) is 4.73. The number of rotatable bonds is 0. The number of nitrogens with two attached hydrogens (primary N) is 1. The molecule has 0 aliphatic carbocycles. The normalized spacial score (nSPS) is 7.57. The van der Waals surface area contributed by atoms with Crippen molar-refractivity contribution in [1.82, 2.24) is 5.32 Å². The van der Waals surface area contributed by atoms with Crippen molar-refractivity contribution in [2.24, 2.45) is 5.73 Å². The smallest absolute Gasteiger partial charge is 0.214 e. The van der Waals surface area contributed by atoms with Gasteiger partial charge in [-0.05, 0) is 0 Å². The summed E-state index contributed by atoms with van der Waals surface area (Å²) in [6, 6.07) is 0.